The van der Waals surface area contributed by atoms with Crippen LogP contribution >= 0.6 is 0 Å². The highest BCUT2D eigenvalue weighted by molar-refractivity contribution is 5.93. The summed E-state index contributed by atoms with van der Waals surface area (Å²) < 4.78 is 39.3. The number of benzene rings is 2. The van der Waals surface area contributed by atoms with Crippen LogP contribution in [-0.2, 0) is 9.59 Å². The first-order valence-electron chi connectivity index (χ1n) is 9.08. The van der Waals surface area contributed by atoms with E-state index >= 15 is 0 Å². The summed E-state index contributed by atoms with van der Waals surface area (Å²) in [7, 11) is 3.08. The van der Waals surface area contributed by atoms with Gasteiger partial charge in [-0.2, -0.15) is 0 Å². The predicted octanol–water partition coefficient (Wildman–Crippen LogP) is 2.47. The van der Waals surface area contributed by atoms with Crippen molar-refractivity contribution in [3.05, 3.63) is 59.9 Å². The summed E-state index contributed by atoms with van der Waals surface area (Å²) in [5, 5.41) is 0. The van der Waals surface area contributed by atoms with E-state index in [4.69, 9.17) is 5.73 Å². The van der Waals surface area contributed by atoms with E-state index in [2.05, 4.69) is 0 Å². The number of alkyl halides is 2. The fraction of sp³-hybridized carbons (Fsp3) is 0.333. The number of rotatable bonds is 5. The van der Waals surface area contributed by atoms with Gasteiger partial charge in [0.05, 0.1) is 19.0 Å². The minimum atomic E-state index is -2.91. The van der Waals surface area contributed by atoms with Gasteiger partial charge in [0.1, 0.15) is 11.9 Å². The maximum atomic E-state index is 13.1. The van der Waals surface area contributed by atoms with Gasteiger partial charge in [0, 0.05) is 14.1 Å². The van der Waals surface area contributed by atoms with Crippen LogP contribution < -0.4 is 5.73 Å². The quantitative estimate of drug-likeness (QED) is 0.831. The van der Waals surface area contributed by atoms with E-state index in [1.807, 2.05) is 0 Å². The molecule has 1 aliphatic heterocycles. The van der Waals surface area contributed by atoms with E-state index in [1.165, 1.54) is 31.1 Å². The second-order valence-electron chi connectivity index (χ2n) is 7.42. The molecule has 0 spiro atoms. The molecule has 1 fully saturated rings. The van der Waals surface area contributed by atoms with Crippen LogP contribution in [-0.4, -0.2) is 60.8 Å². The van der Waals surface area contributed by atoms with E-state index in [0.717, 1.165) is 16.0 Å². The van der Waals surface area contributed by atoms with Crippen LogP contribution in [0.1, 0.15) is 11.5 Å². The number of carbonyl (C=O) groups excluding carboxylic acids is 2. The molecule has 0 saturated carbocycles. The Morgan fingerprint density at radius 3 is 1.93 bits per heavy atom. The molecule has 0 bridgehead atoms. The lowest BCUT2D eigenvalue weighted by Gasteiger charge is -2.41. The molecule has 1 aliphatic rings. The van der Waals surface area contributed by atoms with Gasteiger partial charge in [-0.1, -0.05) is 36.4 Å². The molecule has 0 aliphatic carbocycles. The SMILES string of the molecule is CN(C)C(=O)[C@@H](c1ccc(-c2ccc(F)cc2)cc1)[C@H](N)C(=O)N1CC(F)(F)C1. The van der Waals surface area contributed by atoms with Crippen LogP contribution in [0, 0.1) is 5.82 Å². The van der Waals surface area contributed by atoms with Gasteiger partial charge in [0.2, 0.25) is 11.8 Å². The van der Waals surface area contributed by atoms with Crippen molar-refractivity contribution >= 4 is 11.8 Å². The molecule has 29 heavy (non-hydrogen) atoms. The standard InChI is InChI=1S/C21H22F3N3O2/c1-26(2)19(28)17(18(25)20(29)27-11-21(23,24)12-27)15-5-3-13(4-6-15)14-7-9-16(22)10-8-14/h3-10,17-18H,11-12,25H2,1-2H3/t17-,18-/m0/s1. The molecule has 3 rings (SSSR count). The average molecular weight is 405 g/mol. The molecule has 0 aromatic heterocycles. The third-order valence-electron chi connectivity index (χ3n) is 4.95. The van der Waals surface area contributed by atoms with Gasteiger partial charge in [-0.15, -0.1) is 0 Å². The third-order valence-corrected chi connectivity index (χ3v) is 4.95. The third kappa shape index (κ3) is 4.42. The van der Waals surface area contributed by atoms with Gasteiger partial charge >= 0.3 is 0 Å². The average Bonchev–Trinajstić information content (AvgIpc) is 2.66. The molecule has 0 unspecified atom stereocenters. The second kappa shape index (κ2) is 7.87. The van der Waals surface area contributed by atoms with E-state index in [-0.39, 0.29) is 5.82 Å². The number of likely N-dealkylation sites (tertiary alicyclic amines) is 1. The van der Waals surface area contributed by atoms with Crippen LogP contribution in [0.2, 0.25) is 0 Å². The molecule has 2 aromatic carbocycles. The topological polar surface area (TPSA) is 66.6 Å². The van der Waals surface area contributed by atoms with Gasteiger partial charge in [0.15, 0.2) is 0 Å². The number of hydrogen-bond donors (Lipinski definition) is 1. The lowest BCUT2D eigenvalue weighted by Crippen LogP contribution is -2.63. The largest absolute Gasteiger partial charge is 0.348 e. The van der Waals surface area contributed by atoms with Gasteiger partial charge in [-0.05, 0) is 28.8 Å². The van der Waals surface area contributed by atoms with Crippen molar-refractivity contribution in [2.24, 2.45) is 5.73 Å². The highest BCUT2D eigenvalue weighted by atomic mass is 19.3. The summed E-state index contributed by atoms with van der Waals surface area (Å²) in [6.07, 6.45) is 0. The fourth-order valence-electron chi connectivity index (χ4n) is 3.33. The van der Waals surface area contributed by atoms with Crippen LogP contribution in [0.15, 0.2) is 48.5 Å². The van der Waals surface area contributed by atoms with Crippen molar-refractivity contribution < 1.29 is 22.8 Å². The van der Waals surface area contributed by atoms with E-state index in [9.17, 15) is 22.8 Å². The molecule has 8 heteroatoms. The summed E-state index contributed by atoms with van der Waals surface area (Å²) in [6, 6.07) is 11.5. The van der Waals surface area contributed by atoms with E-state index in [1.54, 1.807) is 36.4 Å². The first-order chi connectivity index (χ1) is 13.6. The Hall–Kier alpha value is -2.87. The predicted molar refractivity (Wildman–Crippen MR) is 103 cm³/mol. The number of hydrogen-bond acceptors (Lipinski definition) is 3. The first-order valence-corrected chi connectivity index (χ1v) is 9.08. The molecule has 2 amide bonds. The minimum absolute atomic E-state index is 0.344. The number of halogens is 3. The van der Waals surface area contributed by atoms with Crippen LogP contribution in [0.3, 0.4) is 0 Å². The normalized spacial score (nSPS) is 17.2. The number of amides is 2. The molecular weight excluding hydrogens is 383 g/mol. The van der Waals surface area contributed by atoms with Crippen molar-refractivity contribution in [2.75, 3.05) is 27.2 Å². The molecule has 2 aromatic rings. The fourth-order valence-corrected chi connectivity index (χ4v) is 3.33. The second-order valence-corrected chi connectivity index (χ2v) is 7.42. The Morgan fingerprint density at radius 1 is 1.00 bits per heavy atom. The lowest BCUT2D eigenvalue weighted by atomic mass is 9.88. The summed E-state index contributed by atoms with van der Waals surface area (Å²) in [6.45, 7) is -1.38. The Labute approximate surface area is 166 Å². The zero-order valence-electron chi connectivity index (χ0n) is 16.1. The number of nitrogens with two attached hydrogens (primary N) is 1. The number of likely N-dealkylation sites (N-methyl/N-ethyl adjacent to an activating group) is 1. The van der Waals surface area contributed by atoms with Gasteiger partial charge in [0.25, 0.3) is 5.92 Å². The smallest absolute Gasteiger partial charge is 0.282 e. The zero-order valence-corrected chi connectivity index (χ0v) is 16.1. The monoisotopic (exact) mass is 405 g/mol. The Bertz CT molecular complexity index is 890. The van der Waals surface area contributed by atoms with Crippen molar-refractivity contribution in [3.63, 3.8) is 0 Å². The van der Waals surface area contributed by atoms with Gasteiger partial charge < -0.3 is 15.5 Å². The Morgan fingerprint density at radius 2 is 1.48 bits per heavy atom. The molecular formula is C21H22F3N3O2. The van der Waals surface area contributed by atoms with E-state index < -0.39 is 42.8 Å². The van der Waals surface area contributed by atoms with Crippen molar-refractivity contribution in [2.45, 2.75) is 17.9 Å². The molecule has 5 nitrogen and oxygen atoms in total. The maximum Gasteiger partial charge on any atom is 0.282 e. The van der Waals surface area contributed by atoms with E-state index in [0.29, 0.717) is 5.56 Å². The molecule has 1 saturated heterocycles. The van der Waals surface area contributed by atoms with Gasteiger partial charge in [-0.25, -0.2) is 13.2 Å². The van der Waals surface area contributed by atoms with Gasteiger partial charge in [-0.3, -0.25) is 9.59 Å². The summed E-state index contributed by atoms with van der Waals surface area (Å²) in [5.41, 5.74) is 8.16. The molecule has 2 N–H and O–H groups in total. The number of nitrogens with zero attached hydrogens (tertiary/aromatic N) is 2. The Balaban J connectivity index is 1.86. The van der Waals surface area contributed by atoms with Crippen LogP contribution in [0.5, 0.6) is 0 Å². The maximum absolute atomic E-state index is 13.1. The summed E-state index contributed by atoms with van der Waals surface area (Å²) in [4.78, 5) is 27.5. The highest BCUT2D eigenvalue weighted by Crippen LogP contribution is 2.30. The summed E-state index contributed by atoms with van der Waals surface area (Å²) >= 11 is 0. The molecule has 2 atom stereocenters. The zero-order chi connectivity index (χ0) is 21.3. The van der Waals surface area contributed by atoms with Crippen molar-refractivity contribution in [1.82, 2.24) is 9.80 Å². The van der Waals surface area contributed by atoms with Crippen molar-refractivity contribution in [3.8, 4) is 11.1 Å². The molecule has 154 valence electrons. The lowest BCUT2D eigenvalue weighted by molar-refractivity contribution is -0.168. The highest BCUT2D eigenvalue weighted by Gasteiger charge is 2.49. The first kappa shape index (κ1) is 20.9. The summed E-state index contributed by atoms with van der Waals surface area (Å²) in [5.74, 6) is -5.34. The number of carbonyl (C=O) groups is 2. The molecule has 1 heterocycles. The van der Waals surface area contributed by atoms with Crippen LogP contribution in [0.25, 0.3) is 11.1 Å². The minimum Gasteiger partial charge on any atom is -0.348 e. The molecule has 0 radical (unpaired) electrons. The Kier molecular flexibility index (Phi) is 5.66. The van der Waals surface area contributed by atoms with Crippen molar-refractivity contribution in [1.29, 1.82) is 0 Å². The van der Waals surface area contributed by atoms with Crippen LogP contribution in [0.4, 0.5) is 13.2 Å².